The zero-order valence-electron chi connectivity index (χ0n) is 22.3. The fourth-order valence-electron chi connectivity index (χ4n) is 4.58. The summed E-state index contributed by atoms with van der Waals surface area (Å²) in [5.41, 5.74) is 5.50. The number of anilines is 2. The molecule has 3 N–H and O–H groups in total. The summed E-state index contributed by atoms with van der Waals surface area (Å²) in [6, 6.07) is 15.1. The molecule has 0 spiro atoms. The Hall–Kier alpha value is -2.94. The molecule has 4 rings (SSSR count). The first-order valence-electron chi connectivity index (χ1n) is 13.0. The van der Waals surface area contributed by atoms with Crippen molar-refractivity contribution >= 4 is 28.8 Å². The fraction of sp³-hybridized carbons (Fsp3) is 0.448. The van der Waals surface area contributed by atoms with Gasteiger partial charge in [0.25, 0.3) is 0 Å². The normalized spacial score (nSPS) is 18.8. The second-order valence-electron chi connectivity index (χ2n) is 11.0. The fourth-order valence-corrected chi connectivity index (χ4v) is 5.70. The summed E-state index contributed by atoms with van der Waals surface area (Å²) in [4.78, 5) is 18.4. The second-order valence-corrected chi connectivity index (χ2v) is 12.1. The summed E-state index contributed by atoms with van der Waals surface area (Å²) in [7, 11) is 0. The zero-order chi connectivity index (χ0) is 26.6. The van der Waals surface area contributed by atoms with Crippen molar-refractivity contribution in [2.24, 2.45) is 5.92 Å². The third-order valence-corrected chi connectivity index (χ3v) is 7.81. The Bertz CT molecular complexity index is 1180. The molecule has 1 saturated carbocycles. The molecule has 1 aliphatic rings. The summed E-state index contributed by atoms with van der Waals surface area (Å²) in [6.45, 7) is 10.1. The highest BCUT2D eigenvalue weighted by molar-refractivity contribution is 7.15. The Balaban J connectivity index is 1.55. The highest BCUT2D eigenvalue weighted by atomic mass is 32.1. The molecule has 0 radical (unpaired) electrons. The predicted octanol–water partition coefficient (Wildman–Crippen LogP) is 7.91. The predicted molar refractivity (Wildman–Crippen MR) is 150 cm³/mol. The van der Waals surface area contributed by atoms with Crippen LogP contribution >= 0.6 is 11.3 Å². The van der Waals surface area contributed by atoms with E-state index < -0.39 is 12.2 Å². The smallest absolute Gasteiger partial charge is 0.412 e. The first-order chi connectivity index (χ1) is 17.6. The molecule has 1 aromatic heterocycles. The number of nitrogens with one attached hydrogen (secondary N) is 2. The lowest BCUT2D eigenvalue weighted by atomic mass is 9.83. The number of hydrazine groups is 1. The summed E-state index contributed by atoms with van der Waals surface area (Å²) >= 11 is 1.68. The molecule has 37 heavy (non-hydrogen) atoms. The van der Waals surface area contributed by atoms with Gasteiger partial charge in [-0.05, 0) is 70.2 Å². The van der Waals surface area contributed by atoms with Gasteiger partial charge in [0.1, 0.15) is 6.10 Å². The number of ether oxygens (including phenoxy) is 1. The molecule has 198 valence electrons. The van der Waals surface area contributed by atoms with Crippen LogP contribution in [-0.2, 0) is 4.74 Å². The number of hydrogen-bond acceptors (Lipinski definition) is 7. The zero-order valence-corrected chi connectivity index (χ0v) is 23.1. The van der Waals surface area contributed by atoms with Crippen molar-refractivity contribution in [2.45, 2.75) is 77.9 Å². The summed E-state index contributed by atoms with van der Waals surface area (Å²) in [5.74, 6) is 1.29. The van der Waals surface area contributed by atoms with Crippen LogP contribution in [0.1, 0.15) is 82.9 Å². The van der Waals surface area contributed by atoms with E-state index in [1.807, 2.05) is 76.4 Å². The van der Waals surface area contributed by atoms with E-state index in [-0.39, 0.29) is 5.54 Å². The van der Waals surface area contributed by atoms with E-state index in [1.165, 1.54) is 25.7 Å². The van der Waals surface area contributed by atoms with Crippen LogP contribution < -0.4 is 15.9 Å². The molecule has 8 heteroatoms. The molecular formula is C29H38N4O3S. The summed E-state index contributed by atoms with van der Waals surface area (Å²) in [5, 5.41) is 16.0. The van der Waals surface area contributed by atoms with E-state index in [4.69, 9.17) is 9.72 Å². The highest BCUT2D eigenvalue weighted by Crippen LogP contribution is 2.41. The van der Waals surface area contributed by atoms with Gasteiger partial charge in [-0.1, -0.05) is 50.1 Å². The topological polar surface area (TPSA) is 86.7 Å². The average Bonchev–Trinajstić information content (AvgIpc) is 3.34. The van der Waals surface area contributed by atoms with Gasteiger partial charge in [0.15, 0.2) is 0 Å². The number of nitrogens with zero attached hydrogens (tertiary/aromatic N) is 2. The Morgan fingerprint density at radius 2 is 1.84 bits per heavy atom. The molecule has 1 aliphatic carbocycles. The van der Waals surface area contributed by atoms with Crippen LogP contribution in [0.5, 0.6) is 0 Å². The number of carbonyl (C=O) groups excluding carboxylic acids is 1. The maximum atomic E-state index is 12.6. The molecule has 0 saturated heterocycles. The standard InChI is InChI=1S/C29H38N4O3S/c1-19-11-13-22(14-12-19)27-30-18-26(37-27)24-16-15-23(17-25(24)33(35)32-29(3,4)5)31-28(34)36-20(2)21-9-7-6-8-10-21/h6-10,15-20,22,32,35H,11-14H2,1-5H3,(H,31,34). The molecular weight excluding hydrogens is 484 g/mol. The molecule has 2 aromatic carbocycles. The van der Waals surface area contributed by atoms with Crippen LogP contribution in [0.15, 0.2) is 54.7 Å². The van der Waals surface area contributed by atoms with Crippen molar-refractivity contribution in [2.75, 3.05) is 10.5 Å². The monoisotopic (exact) mass is 522 g/mol. The number of hydrogen-bond donors (Lipinski definition) is 3. The van der Waals surface area contributed by atoms with Gasteiger partial charge >= 0.3 is 6.09 Å². The molecule has 7 nitrogen and oxygen atoms in total. The quantitative estimate of drug-likeness (QED) is 0.273. The molecule has 1 amide bonds. The molecule has 1 heterocycles. The molecule has 1 unspecified atom stereocenters. The Kier molecular flexibility index (Phi) is 8.52. The van der Waals surface area contributed by atoms with Crippen molar-refractivity contribution in [3.63, 3.8) is 0 Å². The average molecular weight is 523 g/mol. The number of carbonyl (C=O) groups is 1. The van der Waals surface area contributed by atoms with Gasteiger partial charge in [0, 0.05) is 28.9 Å². The summed E-state index contributed by atoms with van der Waals surface area (Å²) < 4.78 is 5.56. The number of amides is 1. The van der Waals surface area contributed by atoms with Gasteiger partial charge in [-0.25, -0.2) is 15.2 Å². The van der Waals surface area contributed by atoms with Gasteiger partial charge < -0.3 is 4.74 Å². The largest absolute Gasteiger partial charge is 0.441 e. The van der Waals surface area contributed by atoms with E-state index in [0.29, 0.717) is 17.3 Å². The molecule has 0 aliphatic heterocycles. The lowest BCUT2D eigenvalue weighted by molar-refractivity contribution is 0.121. The minimum Gasteiger partial charge on any atom is -0.441 e. The number of thiazole rings is 1. The van der Waals surface area contributed by atoms with E-state index in [1.54, 1.807) is 17.4 Å². The van der Waals surface area contributed by atoms with Gasteiger partial charge in [-0.3, -0.25) is 10.5 Å². The van der Waals surface area contributed by atoms with Crippen molar-refractivity contribution < 1.29 is 14.7 Å². The van der Waals surface area contributed by atoms with E-state index >= 15 is 0 Å². The number of rotatable bonds is 7. The Morgan fingerprint density at radius 3 is 2.51 bits per heavy atom. The second kappa shape index (κ2) is 11.6. The van der Waals surface area contributed by atoms with Gasteiger partial charge in [-0.2, -0.15) is 5.17 Å². The molecule has 3 aromatic rings. The van der Waals surface area contributed by atoms with Crippen LogP contribution in [0.25, 0.3) is 10.4 Å². The minimum atomic E-state index is -0.560. The van der Waals surface area contributed by atoms with Crippen LogP contribution in [-0.4, -0.2) is 21.8 Å². The van der Waals surface area contributed by atoms with Crippen LogP contribution in [0, 0.1) is 5.92 Å². The number of aromatic nitrogens is 1. The maximum absolute atomic E-state index is 12.6. The van der Waals surface area contributed by atoms with Crippen LogP contribution in [0.2, 0.25) is 0 Å². The van der Waals surface area contributed by atoms with Crippen LogP contribution in [0.4, 0.5) is 16.2 Å². The summed E-state index contributed by atoms with van der Waals surface area (Å²) in [6.07, 6.45) is 5.76. The van der Waals surface area contributed by atoms with Crippen LogP contribution in [0.3, 0.4) is 0 Å². The molecule has 0 bridgehead atoms. The third-order valence-electron chi connectivity index (χ3n) is 6.62. The Morgan fingerprint density at radius 1 is 1.14 bits per heavy atom. The van der Waals surface area contributed by atoms with E-state index in [2.05, 4.69) is 17.7 Å². The first-order valence-corrected chi connectivity index (χ1v) is 13.8. The van der Waals surface area contributed by atoms with E-state index in [0.717, 1.165) is 32.1 Å². The van der Waals surface area contributed by atoms with Gasteiger partial charge in [0.05, 0.1) is 15.6 Å². The van der Waals surface area contributed by atoms with Gasteiger partial charge in [-0.15, -0.1) is 11.3 Å². The number of benzene rings is 2. The molecule has 1 atom stereocenters. The maximum Gasteiger partial charge on any atom is 0.412 e. The van der Waals surface area contributed by atoms with E-state index in [9.17, 15) is 10.0 Å². The molecule has 1 fully saturated rings. The lowest BCUT2D eigenvalue weighted by Crippen LogP contribution is -2.47. The SMILES string of the molecule is CC1CCC(c2ncc(-c3ccc(NC(=O)OC(C)c4ccccc4)cc3N(O)NC(C)(C)C)s2)CC1. The van der Waals surface area contributed by atoms with Crippen molar-refractivity contribution in [1.29, 1.82) is 0 Å². The van der Waals surface area contributed by atoms with Crippen molar-refractivity contribution in [1.82, 2.24) is 10.4 Å². The van der Waals surface area contributed by atoms with Gasteiger partial charge in [0.2, 0.25) is 0 Å². The minimum absolute atomic E-state index is 0.378. The van der Waals surface area contributed by atoms with Crippen molar-refractivity contribution in [3.8, 4) is 10.4 Å². The lowest BCUT2D eigenvalue weighted by Gasteiger charge is -2.29. The van der Waals surface area contributed by atoms with Crippen molar-refractivity contribution in [3.05, 3.63) is 65.3 Å². The third kappa shape index (κ3) is 7.31. The Labute approximate surface area is 223 Å². The highest BCUT2D eigenvalue weighted by Gasteiger charge is 2.24. The first kappa shape index (κ1) is 27.1.